The molecule has 2 N–H and O–H groups in total. The van der Waals surface area contributed by atoms with Gasteiger partial charge in [0.1, 0.15) is 17.3 Å². The van der Waals surface area contributed by atoms with Gasteiger partial charge >= 0.3 is 0 Å². The molecule has 0 bridgehead atoms. The molecule has 1 atom stereocenters. The molecule has 1 unspecified atom stereocenters. The summed E-state index contributed by atoms with van der Waals surface area (Å²) in [7, 11) is 0. The molecule has 0 saturated heterocycles. The lowest BCUT2D eigenvalue weighted by molar-refractivity contribution is 0.334. The Labute approximate surface area is 186 Å². The van der Waals surface area contributed by atoms with Gasteiger partial charge in [-0.25, -0.2) is 9.67 Å². The first-order valence-electron chi connectivity index (χ1n) is 10.4. The maximum atomic E-state index is 9.99. The van der Waals surface area contributed by atoms with E-state index >= 15 is 0 Å². The number of ether oxygens (including phenoxy) is 1. The van der Waals surface area contributed by atoms with E-state index in [1.165, 1.54) is 0 Å². The van der Waals surface area contributed by atoms with Gasteiger partial charge in [-0.15, -0.1) is 0 Å². The average molecular weight is 422 g/mol. The summed E-state index contributed by atoms with van der Waals surface area (Å²) in [4.78, 5) is 4.11. The van der Waals surface area contributed by atoms with Crippen LogP contribution in [0.1, 0.15) is 36.9 Å². The van der Waals surface area contributed by atoms with Gasteiger partial charge in [0.25, 0.3) is 0 Å². The number of allylic oxidation sites excluding steroid dienone is 1. The Morgan fingerprint density at radius 1 is 1.09 bits per heavy atom. The fourth-order valence-electron chi connectivity index (χ4n) is 4.10. The Hall–Kier alpha value is -4.31. The van der Waals surface area contributed by atoms with Gasteiger partial charge in [-0.2, -0.15) is 10.4 Å². The first-order chi connectivity index (χ1) is 15.6. The molecule has 7 nitrogen and oxygen atoms in total. The van der Waals surface area contributed by atoms with Crippen LogP contribution in [0.4, 0.5) is 0 Å². The van der Waals surface area contributed by atoms with E-state index in [9.17, 15) is 5.26 Å². The minimum Gasteiger partial charge on any atom is -0.422 e. The summed E-state index contributed by atoms with van der Waals surface area (Å²) in [6.45, 7) is 4.08. The maximum absolute atomic E-state index is 9.99. The summed E-state index contributed by atoms with van der Waals surface area (Å²) in [5.74, 6) is 0.312. The van der Waals surface area contributed by atoms with Crippen LogP contribution in [0.5, 0.6) is 5.88 Å². The number of aromatic nitrogens is 4. The Bertz CT molecular complexity index is 1330. The van der Waals surface area contributed by atoms with Gasteiger partial charge < -0.3 is 15.0 Å². The molecule has 0 aliphatic carbocycles. The van der Waals surface area contributed by atoms with Crippen LogP contribution in [0, 0.1) is 11.3 Å². The van der Waals surface area contributed by atoms with E-state index in [2.05, 4.69) is 11.1 Å². The second-order valence-corrected chi connectivity index (χ2v) is 7.96. The highest BCUT2D eigenvalue weighted by Gasteiger charge is 2.37. The Morgan fingerprint density at radius 2 is 1.84 bits per heavy atom. The third-order valence-electron chi connectivity index (χ3n) is 5.64. The molecule has 0 fully saturated rings. The monoisotopic (exact) mass is 422 g/mol. The second kappa shape index (κ2) is 7.75. The molecule has 0 saturated carbocycles. The Kier molecular flexibility index (Phi) is 4.75. The predicted molar refractivity (Wildman–Crippen MR) is 121 cm³/mol. The topological polar surface area (TPSA) is 94.7 Å². The highest BCUT2D eigenvalue weighted by Crippen LogP contribution is 2.47. The molecule has 7 heteroatoms. The molecule has 4 aromatic rings. The highest BCUT2D eigenvalue weighted by atomic mass is 16.5. The summed E-state index contributed by atoms with van der Waals surface area (Å²) in [6.07, 6.45) is 5.38. The normalized spacial score (nSPS) is 15.4. The number of rotatable bonds is 4. The van der Waals surface area contributed by atoms with Crippen LogP contribution in [-0.4, -0.2) is 19.3 Å². The van der Waals surface area contributed by atoms with E-state index in [1.807, 2.05) is 83.9 Å². The third kappa shape index (κ3) is 3.13. The standard InChI is InChI=1S/C25H22N6O/c1-16(2)31-25-22(23(29-31)18-6-4-3-5-7-18)21(20(14-26)24(27)32-25)17-8-10-19(11-9-17)30-13-12-28-15-30/h3-13,15-16,21H,27H2,1-2H3. The molecule has 2 aromatic heterocycles. The lowest BCUT2D eigenvalue weighted by atomic mass is 9.83. The number of nitrogens with two attached hydrogens (primary N) is 1. The summed E-state index contributed by atoms with van der Waals surface area (Å²) in [6, 6.07) is 20.3. The summed E-state index contributed by atoms with van der Waals surface area (Å²) in [5, 5.41) is 14.9. The molecule has 1 aliphatic rings. The number of nitriles is 1. The lowest BCUT2D eigenvalue weighted by Gasteiger charge is -2.26. The summed E-state index contributed by atoms with van der Waals surface area (Å²) < 4.78 is 9.76. The van der Waals surface area contributed by atoms with E-state index in [4.69, 9.17) is 15.6 Å². The zero-order valence-corrected chi connectivity index (χ0v) is 17.8. The molecular formula is C25H22N6O. The number of nitrogens with zero attached hydrogens (tertiary/aromatic N) is 5. The second-order valence-electron chi connectivity index (χ2n) is 7.96. The molecule has 32 heavy (non-hydrogen) atoms. The number of benzene rings is 2. The molecule has 0 amide bonds. The van der Waals surface area contributed by atoms with Crippen molar-refractivity contribution < 1.29 is 4.74 Å². The first kappa shape index (κ1) is 19.6. The molecule has 1 aliphatic heterocycles. The van der Waals surface area contributed by atoms with Gasteiger partial charge in [0.05, 0.1) is 23.9 Å². The van der Waals surface area contributed by atoms with Crippen LogP contribution in [0.25, 0.3) is 16.9 Å². The highest BCUT2D eigenvalue weighted by molar-refractivity contribution is 5.71. The van der Waals surface area contributed by atoms with Crippen LogP contribution >= 0.6 is 0 Å². The zero-order valence-electron chi connectivity index (χ0n) is 17.8. The van der Waals surface area contributed by atoms with E-state index < -0.39 is 0 Å². The van der Waals surface area contributed by atoms with Crippen LogP contribution < -0.4 is 10.5 Å². The van der Waals surface area contributed by atoms with Crippen molar-refractivity contribution in [2.45, 2.75) is 25.8 Å². The van der Waals surface area contributed by atoms with E-state index in [0.717, 1.165) is 28.1 Å². The van der Waals surface area contributed by atoms with Crippen molar-refractivity contribution in [2.75, 3.05) is 0 Å². The number of imidazole rings is 1. The molecule has 3 heterocycles. The minimum absolute atomic E-state index is 0.0573. The van der Waals surface area contributed by atoms with Crippen LogP contribution in [0.3, 0.4) is 0 Å². The van der Waals surface area contributed by atoms with E-state index in [1.54, 1.807) is 12.5 Å². The van der Waals surface area contributed by atoms with Crippen LogP contribution in [0.2, 0.25) is 0 Å². The number of fused-ring (bicyclic) bond motifs is 1. The van der Waals surface area contributed by atoms with E-state index in [-0.39, 0.29) is 17.8 Å². The van der Waals surface area contributed by atoms with Gasteiger partial charge in [-0.05, 0) is 31.5 Å². The predicted octanol–water partition coefficient (Wildman–Crippen LogP) is 4.53. The first-order valence-corrected chi connectivity index (χ1v) is 10.4. The van der Waals surface area contributed by atoms with Crippen molar-refractivity contribution in [3.8, 4) is 28.9 Å². The smallest absolute Gasteiger partial charge is 0.224 e. The van der Waals surface area contributed by atoms with Crippen molar-refractivity contribution in [1.82, 2.24) is 19.3 Å². The largest absolute Gasteiger partial charge is 0.422 e. The average Bonchev–Trinajstić information content (AvgIpc) is 3.47. The molecule has 2 aromatic carbocycles. The minimum atomic E-state index is -0.386. The quantitative estimate of drug-likeness (QED) is 0.521. The SMILES string of the molecule is CC(C)n1nc(-c2ccccc2)c2c1OC(N)=C(C#N)C2c1ccc(-n2ccnc2)cc1. The van der Waals surface area contributed by atoms with Crippen molar-refractivity contribution in [2.24, 2.45) is 5.73 Å². The molecule has 0 spiro atoms. The number of hydrogen-bond donors (Lipinski definition) is 1. The molecule has 158 valence electrons. The molecule has 0 radical (unpaired) electrons. The lowest BCUT2D eigenvalue weighted by Crippen LogP contribution is -2.22. The van der Waals surface area contributed by atoms with Crippen LogP contribution in [0.15, 0.2) is 84.8 Å². The van der Waals surface area contributed by atoms with E-state index in [0.29, 0.717) is 11.5 Å². The van der Waals surface area contributed by atoms with Gasteiger partial charge in [-0.3, -0.25) is 0 Å². The van der Waals surface area contributed by atoms with Crippen LogP contribution in [-0.2, 0) is 0 Å². The van der Waals surface area contributed by atoms with Crippen molar-refractivity contribution >= 4 is 0 Å². The summed E-state index contributed by atoms with van der Waals surface area (Å²) >= 11 is 0. The number of hydrogen-bond acceptors (Lipinski definition) is 5. The fraction of sp³-hybridized carbons (Fsp3) is 0.160. The van der Waals surface area contributed by atoms with Gasteiger partial charge in [0, 0.05) is 23.6 Å². The Morgan fingerprint density at radius 3 is 2.47 bits per heavy atom. The molecule has 5 rings (SSSR count). The molecular weight excluding hydrogens is 400 g/mol. The summed E-state index contributed by atoms with van der Waals surface area (Å²) in [5.41, 5.74) is 11.2. The van der Waals surface area contributed by atoms with Crippen molar-refractivity contribution in [3.63, 3.8) is 0 Å². The van der Waals surface area contributed by atoms with Crippen molar-refractivity contribution in [1.29, 1.82) is 5.26 Å². The van der Waals surface area contributed by atoms with Gasteiger partial charge in [0.2, 0.25) is 11.8 Å². The Balaban J connectivity index is 1.72. The maximum Gasteiger partial charge on any atom is 0.224 e. The van der Waals surface area contributed by atoms with Gasteiger partial charge in [-0.1, -0.05) is 42.5 Å². The van der Waals surface area contributed by atoms with Crippen molar-refractivity contribution in [3.05, 3.63) is 95.9 Å². The third-order valence-corrected chi connectivity index (χ3v) is 5.64. The fourth-order valence-corrected chi connectivity index (χ4v) is 4.10. The zero-order chi connectivity index (χ0) is 22.2. The van der Waals surface area contributed by atoms with Gasteiger partial charge in [0.15, 0.2) is 0 Å².